The second-order valence-corrected chi connectivity index (χ2v) is 8.22. The summed E-state index contributed by atoms with van der Waals surface area (Å²) < 4.78 is 13.5. The molecule has 2 aromatic heterocycles. The zero-order valence-electron chi connectivity index (χ0n) is 16.2. The predicted molar refractivity (Wildman–Crippen MR) is 109 cm³/mol. The third kappa shape index (κ3) is 4.00. The van der Waals surface area contributed by atoms with E-state index >= 15 is 0 Å². The molecule has 1 aliphatic heterocycles. The van der Waals surface area contributed by atoms with Crippen LogP contribution < -0.4 is 5.32 Å². The largest absolute Gasteiger partial charge is 0.348 e. The van der Waals surface area contributed by atoms with Gasteiger partial charge in [-0.15, -0.1) is 0 Å². The van der Waals surface area contributed by atoms with Crippen LogP contribution in [0.2, 0.25) is 0 Å². The number of nitrogens with one attached hydrogen (secondary N) is 2. The maximum atomic E-state index is 13.5. The van der Waals surface area contributed by atoms with Gasteiger partial charge in [-0.05, 0) is 55.4 Å². The summed E-state index contributed by atoms with van der Waals surface area (Å²) in [7, 11) is 0. The molecule has 2 N–H and O–H groups in total. The molecule has 7 heteroatoms. The number of hydrogen-bond acceptors (Lipinski definition) is 4. The highest BCUT2D eigenvalue weighted by molar-refractivity contribution is 6.05. The first kappa shape index (κ1) is 18.2. The van der Waals surface area contributed by atoms with E-state index in [0.29, 0.717) is 11.3 Å². The van der Waals surface area contributed by atoms with Crippen molar-refractivity contribution < 1.29 is 9.18 Å². The van der Waals surface area contributed by atoms with Crippen LogP contribution >= 0.6 is 0 Å². The molecule has 29 heavy (non-hydrogen) atoms. The first-order valence-corrected chi connectivity index (χ1v) is 10.3. The molecule has 2 aliphatic rings. The summed E-state index contributed by atoms with van der Waals surface area (Å²) >= 11 is 0. The minimum atomic E-state index is -0.388. The molecule has 0 bridgehead atoms. The molecule has 0 radical (unpaired) electrons. The van der Waals surface area contributed by atoms with Crippen LogP contribution in [0.3, 0.4) is 0 Å². The van der Waals surface area contributed by atoms with E-state index < -0.39 is 0 Å². The van der Waals surface area contributed by atoms with Gasteiger partial charge >= 0.3 is 0 Å². The smallest absolute Gasteiger partial charge is 0.272 e. The van der Waals surface area contributed by atoms with Crippen LogP contribution in [-0.2, 0) is 0 Å². The first-order valence-electron chi connectivity index (χ1n) is 10.3. The van der Waals surface area contributed by atoms with E-state index in [0.717, 1.165) is 48.3 Å². The Labute approximate surface area is 168 Å². The number of piperidine rings is 1. The van der Waals surface area contributed by atoms with Gasteiger partial charge in [0.25, 0.3) is 5.91 Å². The summed E-state index contributed by atoms with van der Waals surface area (Å²) in [5.74, 6) is 0.353. The topological polar surface area (TPSA) is 73.9 Å². The van der Waals surface area contributed by atoms with Gasteiger partial charge in [-0.3, -0.25) is 14.9 Å². The van der Waals surface area contributed by atoms with E-state index in [1.54, 1.807) is 6.20 Å². The number of likely N-dealkylation sites (tertiary alicyclic amines) is 1. The SMILES string of the molecule is O=C(NC1CCN(CC2CC2)CC1)c1n[nH]c2ccc(-c3cncc(F)c3)cc12. The van der Waals surface area contributed by atoms with E-state index in [-0.39, 0.29) is 17.8 Å². The Bertz CT molecular complexity index is 1040. The lowest BCUT2D eigenvalue weighted by molar-refractivity contribution is 0.0906. The molecule has 0 atom stereocenters. The molecule has 3 heterocycles. The van der Waals surface area contributed by atoms with Crippen molar-refractivity contribution >= 4 is 16.8 Å². The number of carbonyl (C=O) groups excluding carboxylic acids is 1. The normalized spacial score (nSPS) is 18.2. The lowest BCUT2D eigenvalue weighted by Crippen LogP contribution is -2.45. The lowest BCUT2D eigenvalue weighted by Gasteiger charge is -2.32. The van der Waals surface area contributed by atoms with Crippen LogP contribution in [0.5, 0.6) is 0 Å². The van der Waals surface area contributed by atoms with E-state index in [9.17, 15) is 9.18 Å². The highest BCUT2D eigenvalue weighted by Crippen LogP contribution is 2.30. The second kappa shape index (κ2) is 7.55. The average Bonchev–Trinajstić information content (AvgIpc) is 3.44. The maximum Gasteiger partial charge on any atom is 0.272 e. The quantitative estimate of drug-likeness (QED) is 0.697. The van der Waals surface area contributed by atoms with Crippen molar-refractivity contribution in [1.29, 1.82) is 0 Å². The van der Waals surface area contributed by atoms with Crippen LogP contribution in [0.1, 0.15) is 36.2 Å². The van der Waals surface area contributed by atoms with Crippen molar-refractivity contribution in [2.45, 2.75) is 31.7 Å². The van der Waals surface area contributed by atoms with Crippen molar-refractivity contribution in [3.63, 3.8) is 0 Å². The fourth-order valence-corrected chi connectivity index (χ4v) is 4.12. The van der Waals surface area contributed by atoms with E-state index in [2.05, 4.69) is 25.4 Å². The molecule has 0 unspecified atom stereocenters. The highest BCUT2D eigenvalue weighted by Gasteiger charge is 2.28. The van der Waals surface area contributed by atoms with Gasteiger partial charge in [-0.1, -0.05) is 6.07 Å². The number of benzene rings is 1. The van der Waals surface area contributed by atoms with Crippen LogP contribution in [-0.4, -0.2) is 51.7 Å². The summed E-state index contributed by atoms with van der Waals surface area (Å²) in [5.41, 5.74) is 2.63. The van der Waals surface area contributed by atoms with Crippen molar-refractivity contribution in [3.8, 4) is 11.1 Å². The van der Waals surface area contributed by atoms with E-state index in [1.165, 1.54) is 31.6 Å². The molecule has 1 saturated carbocycles. The maximum absolute atomic E-state index is 13.5. The monoisotopic (exact) mass is 393 g/mol. The second-order valence-electron chi connectivity index (χ2n) is 8.22. The minimum absolute atomic E-state index is 0.161. The third-order valence-electron chi connectivity index (χ3n) is 5.95. The van der Waals surface area contributed by atoms with Gasteiger partial charge in [0.2, 0.25) is 0 Å². The summed E-state index contributed by atoms with van der Waals surface area (Å²) in [6, 6.07) is 7.20. The predicted octanol–water partition coefficient (Wildman–Crippen LogP) is 3.37. The molecule has 6 nitrogen and oxygen atoms in total. The number of halogens is 1. The molecule has 1 amide bonds. The summed E-state index contributed by atoms with van der Waals surface area (Å²) in [6.07, 6.45) is 7.48. The van der Waals surface area contributed by atoms with Crippen molar-refractivity contribution in [2.75, 3.05) is 19.6 Å². The molecule has 1 saturated heterocycles. The third-order valence-corrected chi connectivity index (χ3v) is 5.95. The number of nitrogens with zero attached hydrogens (tertiary/aromatic N) is 3. The van der Waals surface area contributed by atoms with E-state index in [1.807, 2.05) is 18.2 Å². The number of amides is 1. The lowest BCUT2D eigenvalue weighted by atomic mass is 10.0. The molecular weight excluding hydrogens is 369 g/mol. The number of carbonyl (C=O) groups is 1. The molecule has 150 valence electrons. The number of fused-ring (bicyclic) bond motifs is 1. The van der Waals surface area contributed by atoms with Gasteiger partial charge in [0.15, 0.2) is 5.69 Å². The van der Waals surface area contributed by atoms with Crippen LogP contribution in [0.25, 0.3) is 22.0 Å². The van der Waals surface area contributed by atoms with Gasteiger partial charge < -0.3 is 10.2 Å². The number of pyridine rings is 1. The number of H-pyrrole nitrogens is 1. The Kier molecular flexibility index (Phi) is 4.75. The number of rotatable bonds is 5. The molecular formula is C22H24FN5O. The number of aromatic nitrogens is 3. The Morgan fingerprint density at radius 3 is 2.72 bits per heavy atom. The zero-order chi connectivity index (χ0) is 19.8. The standard InChI is InChI=1S/C22H24FN5O/c23-17-9-16(11-24-12-17)15-3-4-20-19(10-15)21(27-26-20)22(29)25-18-5-7-28(8-6-18)13-14-1-2-14/h3-4,9-12,14,18H,1-2,5-8,13H2,(H,25,29)(H,26,27). The summed E-state index contributed by atoms with van der Waals surface area (Å²) in [4.78, 5) is 19.3. The van der Waals surface area contributed by atoms with Gasteiger partial charge in [0.05, 0.1) is 11.7 Å². The minimum Gasteiger partial charge on any atom is -0.348 e. The summed E-state index contributed by atoms with van der Waals surface area (Å²) in [5, 5.41) is 11.0. The number of hydrogen-bond donors (Lipinski definition) is 2. The Hall–Kier alpha value is -2.80. The Morgan fingerprint density at radius 2 is 1.97 bits per heavy atom. The van der Waals surface area contributed by atoms with Gasteiger partial charge in [0, 0.05) is 42.8 Å². The Morgan fingerprint density at radius 1 is 1.14 bits per heavy atom. The van der Waals surface area contributed by atoms with Crippen molar-refractivity contribution in [3.05, 3.63) is 48.2 Å². The summed E-state index contributed by atoms with van der Waals surface area (Å²) in [6.45, 7) is 3.29. The van der Waals surface area contributed by atoms with Crippen LogP contribution in [0.15, 0.2) is 36.7 Å². The fraction of sp³-hybridized carbons (Fsp3) is 0.409. The van der Waals surface area contributed by atoms with Gasteiger partial charge in [0.1, 0.15) is 5.82 Å². The molecule has 2 fully saturated rings. The van der Waals surface area contributed by atoms with Gasteiger partial charge in [-0.2, -0.15) is 5.10 Å². The fourth-order valence-electron chi connectivity index (χ4n) is 4.12. The molecule has 5 rings (SSSR count). The van der Waals surface area contributed by atoms with Crippen molar-refractivity contribution in [1.82, 2.24) is 25.4 Å². The first-order chi connectivity index (χ1) is 14.2. The highest BCUT2D eigenvalue weighted by atomic mass is 19.1. The molecule has 1 aromatic carbocycles. The molecule has 3 aromatic rings. The van der Waals surface area contributed by atoms with Gasteiger partial charge in [-0.25, -0.2) is 4.39 Å². The Balaban J connectivity index is 1.30. The van der Waals surface area contributed by atoms with Crippen LogP contribution in [0.4, 0.5) is 4.39 Å². The van der Waals surface area contributed by atoms with E-state index in [4.69, 9.17) is 0 Å². The van der Waals surface area contributed by atoms with Crippen LogP contribution in [0, 0.1) is 11.7 Å². The van der Waals surface area contributed by atoms with Crippen molar-refractivity contribution in [2.24, 2.45) is 5.92 Å². The molecule has 1 aliphatic carbocycles. The zero-order valence-corrected chi connectivity index (χ0v) is 16.2. The number of aromatic amines is 1. The molecule has 0 spiro atoms. The average molecular weight is 393 g/mol.